The van der Waals surface area contributed by atoms with E-state index in [9.17, 15) is 0 Å². The van der Waals surface area contributed by atoms with Crippen molar-refractivity contribution in [3.63, 3.8) is 0 Å². The van der Waals surface area contributed by atoms with E-state index in [2.05, 4.69) is 56.6 Å². The first-order chi connectivity index (χ1) is 8.35. The van der Waals surface area contributed by atoms with Crippen molar-refractivity contribution in [1.29, 1.82) is 0 Å². The van der Waals surface area contributed by atoms with Crippen LogP contribution in [0.15, 0.2) is 0 Å². The van der Waals surface area contributed by atoms with Crippen molar-refractivity contribution in [3.05, 3.63) is 17.0 Å². The van der Waals surface area contributed by atoms with E-state index in [0.717, 1.165) is 13.1 Å². The Labute approximate surface area is 112 Å². The Bertz CT molecular complexity index is 372. The molecule has 3 heteroatoms. The van der Waals surface area contributed by atoms with Crippen LogP contribution in [0.25, 0.3) is 0 Å². The van der Waals surface area contributed by atoms with Gasteiger partial charge >= 0.3 is 0 Å². The smallest absolute Gasteiger partial charge is 0.0641 e. The predicted molar refractivity (Wildman–Crippen MR) is 77.8 cm³/mol. The lowest BCUT2D eigenvalue weighted by molar-refractivity contribution is 0.423. The van der Waals surface area contributed by atoms with Crippen molar-refractivity contribution < 1.29 is 0 Å². The van der Waals surface area contributed by atoms with Crippen LogP contribution in [0.4, 0.5) is 0 Å². The highest BCUT2D eigenvalue weighted by molar-refractivity contribution is 5.24. The third-order valence-electron chi connectivity index (χ3n) is 3.30. The second kappa shape index (κ2) is 6.37. The van der Waals surface area contributed by atoms with Crippen LogP contribution in [0.2, 0.25) is 0 Å². The minimum atomic E-state index is 0.156. The number of aryl methyl sites for hydroxylation is 2. The van der Waals surface area contributed by atoms with Crippen molar-refractivity contribution >= 4 is 0 Å². The molecule has 1 aromatic heterocycles. The van der Waals surface area contributed by atoms with Crippen molar-refractivity contribution in [2.75, 3.05) is 0 Å². The number of rotatable bonds is 6. The monoisotopic (exact) mass is 251 g/mol. The lowest BCUT2D eigenvalue weighted by atomic mass is 10.1. The van der Waals surface area contributed by atoms with E-state index in [1.807, 2.05) is 0 Å². The van der Waals surface area contributed by atoms with Crippen LogP contribution in [-0.2, 0) is 13.1 Å². The number of hydrogen-bond donors (Lipinski definition) is 1. The second-order valence-electron chi connectivity index (χ2n) is 6.18. The lowest BCUT2D eigenvalue weighted by Crippen LogP contribution is -2.35. The summed E-state index contributed by atoms with van der Waals surface area (Å²) >= 11 is 0. The van der Waals surface area contributed by atoms with Crippen LogP contribution in [0.3, 0.4) is 0 Å². The predicted octanol–water partition coefficient (Wildman–Crippen LogP) is 3.58. The molecule has 0 amide bonds. The van der Waals surface area contributed by atoms with Gasteiger partial charge in [-0.3, -0.25) is 4.68 Å². The molecule has 0 bridgehead atoms. The Morgan fingerprint density at radius 2 is 1.83 bits per heavy atom. The van der Waals surface area contributed by atoms with Crippen LogP contribution in [0.5, 0.6) is 0 Å². The van der Waals surface area contributed by atoms with E-state index in [1.165, 1.54) is 36.2 Å². The molecule has 0 saturated heterocycles. The summed E-state index contributed by atoms with van der Waals surface area (Å²) in [5.41, 5.74) is 4.01. The molecule has 0 saturated carbocycles. The third-order valence-corrected chi connectivity index (χ3v) is 3.30. The molecule has 18 heavy (non-hydrogen) atoms. The Morgan fingerprint density at radius 3 is 2.39 bits per heavy atom. The van der Waals surface area contributed by atoms with Gasteiger partial charge in [0.15, 0.2) is 0 Å². The van der Waals surface area contributed by atoms with Gasteiger partial charge in [0.25, 0.3) is 0 Å². The number of nitrogens with one attached hydrogen (secondary N) is 1. The Balaban J connectivity index is 2.68. The average molecular weight is 251 g/mol. The lowest BCUT2D eigenvalue weighted by Gasteiger charge is -2.20. The summed E-state index contributed by atoms with van der Waals surface area (Å²) in [6.45, 7) is 15.1. The van der Waals surface area contributed by atoms with Crippen LogP contribution < -0.4 is 5.32 Å². The summed E-state index contributed by atoms with van der Waals surface area (Å²) in [7, 11) is 0. The fraction of sp³-hybridized carbons (Fsp3) is 0.800. The maximum Gasteiger partial charge on any atom is 0.0641 e. The van der Waals surface area contributed by atoms with Gasteiger partial charge in [-0.2, -0.15) is 5.10 Å². The molecule has 0 atom stereocenters. The van der Waals surface area contributed by atoms with E-state index in [4.69, 9.17) is 0 Å². The quantitative estimate of drug-likeness (QED) is 0.783. The molecule has 1 aromatic rings. The van der Waals surface area contributed by atoms with Crippen LogP contribution >= 0.6 is 0 Å². The molecule has 104 valence electrons. The zero-order valence-corrected chi connectivity index (χ0v) is 12.9. The summed E-state index contributed by atoms with van der Waals surface area (Å²) in [6, 6.07) is 0. The number of aromatic nitrogens is 2. The minimum absolute atomic E-state index is 0.156. The van der Waals surface area contributed by atoms with Crippen molar-refractivity contribution in [2.24, 2.45) is 0 Å². The van der Waals surface area contributed by atoms with Gasteiger partial charge in [0.05, 0.1) is 5.69 Å². The number of unbranched alkanes of at least 4 members (excludes halogenated alkanes) is 2. The van der Waals surface area contributed by atoms with E-state index in [-0.39, 0.29) is 5.54 Å². The Morgan fingerprint density at radius 1 is 1.17 bits per heavy atom. The van der Waals surface area contributed by atoms with Gasteiger partial charge in [0.1, 0.15) is 0 Å². The fourth-order valence-corrected chi connectivity index (χ4v) is 2.07. The first kappa shape index (κ1) is 15.2. The second-order valence-corrected chi connectivity index (χ2v) is 6.18. The normalized spacial score (nSPS) is 12.1. The first-order valence-electron chi connectivity index (χ1n) is 7.13. The molecular weight excluding hydrogens is 222 g/mol. The van der Waals surface area contributed by atoms with Crippen LogP contribution in [0, 0.1) is 13.8 Å². The number of hydrogen-bond acceptors (Lipinski definition) is 2. The van der Waals surface area contributed by atoms with E-state index in [0.29, 0.717) is 0 Å². The van der Waals surface area contributed by atoms with E-state index < -0.39 is 0 Å². The van der Waals surface area contributed by atoms with E-state index >= 15 is 0 Å². The molecule has 0 aliphatic rings. The van der Waals surface area contributed by atoms with Crippen molar-refractivity contribution in [3.8, 4) is 0 Å². The van der Waals surface area contributed by atoms with Crippen LogP contribution in [-0.4, -0.2) is 15.3 Å². The summed E-state index contributed by atoms with van der Waals surface area (Å²) < 4.78 is 2.17. The largest absolute Gasteiger partial charge is 0.308 e. The summed E-state index contributed by atoms with van der Waals surface area (Å²) in [4.78, 5) is 0. The van der Waals surface area contributed by atoms with Crippen LogP contribution in [0.1, 0.15) is 63.9 Å². The Kier molecular flexibility index (Phi) is 5.39. The topological polar surface area (TPSA) is 29.9 Å². The molecule has 0 aliphatic carbocycles. The van der Waals surface area contributed by atoms with Crippen molar-refractivity contribution in [1.82, 2.24) is 15.1 Å². The minimum Gasteiger partial charge on any atom is -0.308 e. The standard InChI is InChI=1S/C15H29N3/c1-7-8-9-10-18-13(3)14(12(2)17-18)11-16-15(4,5)6/h16H,7-11H2,1-6H3. The molecule has 1 N–H and O–H groups in total. The van der Waals surface area contributed by atoms with Gasteiger partial charge in [-0.15, -0.1) is 0 Å². The maximum atomic E-state index is 4.66. The van der Waals surface area contributed by atoms with Crippen molar-refractivity contribution in [2.45, 2.75) is 79.4 Å². The SMILES string of the molecule is CCCCCn1nc(C)c(CNC(C)(C)C)c1C. The molecule has 0 aliphatic heterocycles. The zero-order chi connectivity index (χ0) is 13.8. The molecule has 0 unspecified atom stereocenters. The van der Waals surface area contributed by atoms with Gasteiger partial charge in [0, 0.05) is 29.9 Å². The Hall–Kier alpha value is -0.830. The van der Waals surface area contributed by atoms with Gasteiger partial charge in [-0.25, -0.2) is 0 Å². The summed E-state index contributed by atoms with van der Waals surface area (Å²) in [6.07, 6.45) is 3.77. The third kappa shape index (κ3) is 4.45. The highest BCUT2D eigenvalue weighted by Gasteiger charge is 2.14. The van der Waals surface area contributed by atoms with Gasteiger partial charge in [-0.05, 0) is 41.0 Å². The molecule has 1 heterocycles. The highest BCUT2D eigenvalue weighted by atomic mass is 15.3. The molecule has 1 rings (SSSR count). The first-order valence-corrected chi connectivity index (χ1v) is 7.13. The maximum absolute atomic E-state index is 4.66. The molecule has 0 aromatic carbocycles. The van der Waals surface area contributed by atoms with E-state index in [1.54, 1.807) is 0 Å². The summed E-state index contributed by atoms with van der Waals surface area (Å²) in [5.74, 6) is 0. The van der Waals surface area contributed by atoms with Gasteiger partial charge < -0.3 is 5.32 Å². The fourth-order valence-electron chi connectivity index (χ4n) is 2.07. The molecule has 0 fully saturated rings. The van der Waals surface area contributed by atoms with Gasteiger partial charge in [-0.1, -0.05) is 19.8 Å². The molecular formula is C15H29N3. The average Bonchev–Trinajstić information content (AvgIpc) is 2.51. The molecule has 0 spiro atoms. The zero-order valence-electron chi connectivity index (χ0n) is 12.9. The highest BCUT2D eigenvalue weighted by Crippen LogP contribution is 2.15. The molecule has 3 nitrogen and oxygen atoms in total. The summed E-state index contributed by atoms with van der Waals surface area (Å²) in [5, 5.41) is 8.21. The number of nitrogens with zero attached hydrogens (tertiary/aromatic N) is 2. The van der Waals surface area contributed by atoms with Gasteiger partial charge in [0.2, 0.25) is 0 Å². The molecule has 0 radical (unpaired) electrons.